The van der Waals surface area contributed by atoms with E-state index < -0.39 is 0 Å². The Morgan fingerprint density at radius 1 is 1.43 bits per heavy atom. The monoisotopic (exact) mass is 356 g/mol. The molecule has 0 spiro atoms. The predicted octanol–water partition coefficient (Wildman–Crippen LogP) is 2.22. The van der Waals surface area contributed by atoms with Crippen molar-refractivity contribution in [1.82, 2.24) is 10.6 Å². The normalized spacial score (nSPS) is 13.9. The van der Waals surface area contributed by atoms with E-state index in [0.29, 0.717) is 17.5 Å². The summed E-state index contributed by atoms with van der Waals surface area (Å²) < 4.78 is 11.7. The fourth-order valence-corrected chi connectivity index (χ4v) is 2.52. The SMILES string of the molecule is CCNCc1cc(Br)c(OCC(=O)NC2CC2)c(OC)c1. The van der Waals surface area contributed by atoms with Crippen LogP contribution >= 0.6 is 15.9 Å². The summed E-state index contributed by atoms with van der Waals surface area (Å²) in [5.41, 5.74) is 1.09. The van der Waals surface area contributed by atoms with Crippen molar-refractivity contribution in [3.63, 3.8) is 0 Å². The molecule has 1 aliphatic carbocycles. The van der Waals surface area contributed by atoms with Gasteiger partial charge in [0.2, 0.25) is 0 Å². The van der Waals surface area contributed by atoms with Gasteiger partial charge in [-0.3, -0.25) is 4.79 Å². The number of halogens is 1. The van der Waals surface area contributed by atoms with Crippen LogP contribution < -0.4 is 20.1 Å². The zero-order valence-electron chi connectivity index (χ0n) is 12.4. The van der Waals surface area contributed by atoms with Crippen molar-refractivity contribution in [3.05, 3.63) is 22.2 Å². The zero-order valence-corrected chi connectivity index (χ0v) is 14.0. The van der Waals surface area contributed by atoms with Crippen molar-refractivity contribution in [3.8, 4) is 11.5 Å². The van der Waals surface area contributed by atoms with Gasteiger partial charge in [0.05, 0.1) is 11.6 Å². The summed E-state index contributed by atoms with van der Waals surface area (Å²) in [5, 5.41) is 6.15. The third-order valence-corrected chi connectivity index (χ3v) is 3.75. The molecule has 1 fully saturated rings. The smallest absolute Gasteiger partial charge is 0.258 e. The number of carbonyl (C=O) groups is 1. The minimum atomic E-state index is -0.0943. The van der Waals surface area contributed by atoms with Crippen LogP contribution in [-0.4, -0.2) is 32.2 Å². The van der Waals surface area contributed by atoms with Gasteiger partial charge in [0, 0.05) is 12.6 Å². The molecule has 0 bridgehead atoms. The largest absolute Gasteiger partial charge is 0.493 e. The Morgan fingerprint density at radius 2 is 2.19 bits per heavy atom. The maximum atomic E-state index is 11.7. The van der Waals surface area contributed by atoms with Crippen LogP contribution in [0.5, 0.6) is 11.5 Å². The Balaban J connectivity index is 2.01. The highest BCUT2D eigenvalue weighted by atomic mass is 79.9. The van der Waals surface area contributed by atoms with Gasteiger partial charge < -0.3 is 20.1 Å². The second-order valence-electron chi connectivity index (χ2n) is 5.02. The standard InChI is InChI=1S/C15H21BrN2O3/c1-3-17-8-10-6-12(16)15(13(7-10)20-2)21-9-14(19)18-11-4-5-11/h6-7,11,17H,3-5,8-9H2,1-2H3,(H,18,19). The number of ether oxygens (including phenoxy) is 2. The van der Waals surface area contributed by atoms with Crippen molar-refractivity contribution in [1.29, 1.82) is 0 Å². The minimum absolute atomic E-state index is 0.00197. The second-order valence-corrected chi connectivity index (χ2v) is 5.87. The minimum Gasteiger partial charge on any atom is -0.493 e. The molecular weight excluding hydrogens is 336 g/mol. The molecule has 0 aromatic heterocycles. The average molecular weight is 357 g/mol. The third kappa shape index (κ3) is 4.89. The van der Waals surface area contributed by atoms with Crippen LogP contribution in [0, 0.1) is 0 Å². The van der Waals surface area contributed by atoms with Gasteiger partial charge in [0.25, 0.3) is 5.91 Å². The van der Waals surface area contributed by atoms with E-state index in [1.807, 2.05) is 12.1 Å². The Hall–Kier alpha value is -1.27. The predicted molar refractivity (Wildman–Crippen MR) is 84.7 cm³/mol. The second kappa shape index (κ2) is 7.66. The van der Waals surface area contributed by atoms with Gasteiger partial charge in [-0.25, -0.2) is 0 Å². The third-order valence-electron chi connectivity index (χ3n) is 3.16. The van der Waals surface area contributed by atoms with Crippen molar-refractivity contribution in [2.75, 3.05) is 20.3 Å². The van der Waals surface area contributed by atoms with Crippen LogP contribution in [0.1, 0.15) is 25.3 Å². The van der Waals surface area contributed by atoms with Crippen LogP contribution in [-0.2, 0) is 11.3 Å². The highest BCUT2D eigenvalue weighted by Crippen LogP contribution is 2.36. The van der Waals surface area contributed by atoms with Crippen LogP contribution in [0.15, 0.2) is 16.6 Å². The van der Waals surface area contributed by atoms with Gasteiger partial charge in [0.1, 0.15) is 0 Å². The first kappa shape index (κ1) is 16.1. The van der Waals surface area contributed by atoms with E-state index >= 15 is 0 Å². The van der Waals surface area contributed by atoms with E-state index in [1.54, 1.807) is 7.11 Å². The Morgan fingerprint density at radius 3 is 2.81 bits per heavy atom. The lowest BCUT2D eigenvalue weighted by molar-refractivity contribution is -0.123. The molecule has 0 atom stereocenters. The fourth-order valence-electron chi connectivity index (χ4n) is 1.92. The first-order valence-corrected chi connectivity index (χ1v) is 7.92. The van der Waals surface area contributed by atoms with E-state index in [-0.39, 0.29) is 12.5 Å². The van der Waals surface area contributed by atoms with Crippen LogP contribution in [0.4, 0.5) is 0 Å². The van der Waals surface area contributed by atoms with E-state index in [0.717, 1.165) is 36.0 Å². The average Bonchev–Trinajstić information content (AvgIpc) is 3.27. The van der Waals surface area contributed by atoms with E-state index in [4.69, 9.17) is 9.47 Å². The molecule has 6 heteroatoms. The molecule has 1 amide bonds. The summed E-state index contributed by atoms with van der Waals surface area (Å²) in [5.74, 6) is 1.09. The lowest BCUT2D eigenvalue weighted by atomic mass is 10.2. The number of carbonyl (C=O) groups excluding carboxylic acids is 1. The number of benzene rings is 1. The molecule has 0 radical (unpaired) electrons. The number of hydrogen-bond acceptors (Lipinski definition) is 4. The Labute approximate surface area is 133 Å². The fraction of sp³-hybridized carbons (Fsp3) is 0.533. The maximum Gasteiger partial charge on any atom is 0.258 e. The van der Waals surface area contributed by atoms with Crippen molar-refractivity contribution in [2.24, 2.45) is 0 Å². The van der Waals surface area contributed by atoms with Crippen LogP contribution in [0.3, 0.4) is 0 Å². The molecule has 0 aliphatic heterocycles. The van der Waals surface area contributed by atoms with Gasteiger partial charge >= 0.3 is 0 Å². The quantitative estimate of drug-likeness (QED) is 0.749. The van der Waals surface area contributed by atoms with Gasteiger partial charge in [-0.2, -0.15) is 0 Å². The molecule has 1 saturated carbocycles. The van der Waals surface area contributed by atoms with Crippen molar-refractivity contribution < 1.29 is 14.3 Å². The van der Waals surface area contributed by atoms with Gasteiger partial charge in [-0.05, 0) is 53.0 Å². The molecule has 0 heterocycles. The van der Waals surface area contributed by atoms with Gasteiger partial charge in [0.15, 0.2) is 18.1 Å². The molecule has 0 unspecified atom stereocenters. The van der Waals surface area contributed by atoms with E-state index in [2.05, 4.69) is 33.5 Å². The number of nitrogens with one attached hydrogen (secondary N) is 2. The Kier molecular flexibility index (Phi) is 5.87. The maximum absolute atomic E-state index is 11.7. The number of rotatable bonds is 8. The molecule has 1 aliphatic rings. The highest BCUT2D eigenvalue weighted by Gasteiger charge is 2.23. The number of hydrogen-bond donors (Lipinski definition) is 2. The van der Waals surface area contributed by atoms with Crippen LogP contribution in [0.2, 0.25) is 0 Å². The summed E-state index contributed by atoms with van der Waals surface area (Å²) >= 11 is 3.48. The molecule has 116 valence electrons. The van der Waals surface area contributed by atoms with Gasteiger partial charge in [-0.15, -0.1) is 0 Å². The molecule has 1 aromatic rings. The molecule has 2 N–H and O–H groups in total. The summed E-state index contributed by atoms with van der Waals surface area (Å²) in [7, 11) is 1.59. The van der Waals surface area contributed by atoms with E-state index in [1.165, 1.54) is 0 Å². The van der Waals surface area contributed by atoms with Gasteiger partial charge in [-0.1, -0.05) is 6.92 Å². The topological polar surface area (TPSA) is 59.6 Å². The molecular formula is C15H21BrN2O3. The van der Waals surface area contributed by atoms with Crippen molar-refractivity contribution in [2.45, 2.75) is 32.4 Å². The number of amides is 1. The zero-order chi connectivity index (χ0) is 15.2. The molecule has 5 nitrogen and oxygen atoms in total. The number of methoxy groups -OCH3 is 1. The Bertz CT molecular complexity index is 504. The molecule has 0 saturated heterocycles. The van der Waals surface area contributed by atoms with Crippen LogP contribution in [0.25, 0.3) is 0 Å². The summed E-state index contributed by atoms with van der Waals surface area (Å²) in [6.45, 7) is 3.72. The first-order valence-electron chi connectivity index (χ1n) is 7.13. The lowest BCUT2D eigenvalue weighted by Gasteiger charge is -2.14. The van der Waals surface area contributed by atoms with E-state index in [9.17, 15) is 4.79 Å². The molecule has 1 aromatic carbocycles. The molecule has 21 heavy (non-hydrogen) atoms. The summed E-state index contributed by atoms with van der Waals surface area (Å²) in [4.78, 5) is 11.7. The lowest BCUT2D eigenvalue weighted by Crippen LogP contribution is -2.30. The highest BCUT2D eigenvalue weighted by molar-refractivity contribution is 9.10. The van der Waals surface area contributed by atoms with Crippen molar-refractivity contribution >= 4 is 21.8 Å². The molecule has 2 rings (SSSR count). The first-order chi connectivity index (χ1) is 10.1. The summed E-state index contributed by atoms with van der Waals surface area (Å²) in [6, 6.07) is 4.23. The summed E-state index contributed by atoms with van der Waals surface area (Å²) in [6.07, 6.45) is 2.13.